The van der Waals surface area contributed by atoms with E-state index < -0.39 is 0 Å². The maximum atomic E-state index is 5.64. The van der Waals surface area contributed by atoms with Crippen LogP contribution in [0.3, 0.4) is 0 Å². The molecule has 0 atom stereocenters. The Hall–Kier alpha value is -0.260. The van der Waals surface area contributed by atoms with E-state index in [2.05, 4.69) is 40.4 Å². The van der Waals surface area contributed by atoms with Gasteiger partial charge in [-0.2, -0.15) is 26.7 Å². The summed E-state index contributed by atoms with van der Waals surface area (Å²) in [5, 5.41) is 3.26. The molecule has 0 aliphatic heterocycles. The molecule has 84 valence electrons. The molecule has 0 radical (unpaired) electrons. The molecule has 0 saturated heterocycles. The largest absolute Gasteiger partial charge is 0.353 e. The Morgan fingerprint density at radius 2 is 1.73 bits per heavy atom. The Bertz CT molecular complexity index is 325. The summed E-state index contributed by atoms with van der Waals surface area (Å²) in [5.41, 5.74) is 0. The highest BCUT2D eigenvalue weighted by Gasteiger charge is 2.16. The molecule has 0 aliphatic rings. The summed E-state index contributed by atoms with van der Waals surface area (Å²) >= 11 is 13.0. The highest BCUT2D eigenvalue weighted by atomic mass is 35.5. The summed E-state index contributed by atoms with van der Waals surface area (Å²) in [6.45, 7) is 4.97. The van der Waals surface area contributed by atoms with Gasteiger partial charge in [-0.15, -0.1) is 0 Å². The Kier molecular flexibility index (Phi) is 4.43. The van der Waals surface area contributed by atoms with Gasteiger partial charge in [0.25, 0.3) is 0 Å². The molecule has 15 heavy (non-hydrogen) atoms. The zero-order chi connectivity index (χ0) is 11.5. The van der Waals surface area contributed by atoms with Crippen LogP contribution in [0.25, 0.3) is 0 Å². The Morgan fingerprint density at radius 1 is 1.20 bits per heavy atom. The normalized spacial score (nSPS) is 11.5. The summed E-state index contributed by atoms with van der Waals surface area (Å²) in [6.07, 6.45) is 2.05. The predicted octanol–water partition coefficient (Wildman–Crippen LogP) is 2.73. The molecular weight excluding hydrogens is 255 g/mol. The van der Waals surface area contributed by atoms with Crippen molar-refractivity contribution in [2.24, 2.45) is 0 Å². The molecule has 0 amide bonds. The van der Waals surface area contributed by atoms with Crippen molar-refractivity contribution in [2.45, 2.75) is 18.6 Å². The summed E-state index contributed by atoms with van der Waals surface area (Å²) in [6, 6.07) is 0. The molecule has 0 unspecified atom stereocenters. The van der Waals surface area contributed by atoms with Crippen LogP contribution in [0.4, 0.5) is 5.95 Å². The van der Waals surface area contributed by atoms with Crippen molar-refractivity contribution in [3.05, 3.63) is 10.6 Å². The van der Waals surface area contributed by atoms with Crippen molar-refractivity contribution in [2.75, 3.05) is 18.1 Å². The van der Waals surface area contributed by atoms with E-state index in [1.807, 2.05) is 0 Å². The third kappa shape index (κ3) is 4.40. The molecule has 0 saturated carbocycles. The molecule has 0 bridgehead atoms. The molecule has 1 aromatic rings. The first-order valence-corrected chi connectivity index (χ1v) is 6.27. The number of hydrogen-bond donors (Lipinski definition) is 1. The van der Waals surface area contributed by atoms with Gasteiger partial charge in [0.15, 0.2) is 0 Å². The maximum Gasteiger partial charge on any atom is 0.228 e. The van der Waals surface area contributed by atoms with Crippen LogP contribution in [-0.2, 0) is 0 Å². The van der Waals surface area contributed by atoms with E-state index in [0.717, 1.165) is 6.54 Å². The molecule has 1 rings (SSSR count). The number of aromatic nitrogens is 3. The third-order valence-corrected chi connectivity index (χ3v) is 3.39. The van der Waals surface area contributed by atoms with Crippen LogP contribution in [0.2, 0.25) is 10.6 Å². The minimum atomic E-state index is 0.0967. The molecule has 0 spiro atoms. The van der Waals surface area contributed by atoms with Crippen LogP contribution in [-0.4, -0.2) is 32.5 Å². The van der Waals surface area contributed by atoms with Gasteiger partial charge in [-0.05, 0) is 43.3 Å². The van der Waals surface area contributed by atoms with Crippen LogP contribution in [0, 0.1) is 0 Å². The Balaban J connectivity index is 2.65. The highest BCUT2D eigenvalue weighted by molar-refractivity contribution is 7.99. The van der Waals surface area contributed by atoms with Gasteiger partial charge < -0.3 is 5.32 Å². The SMILES string of the molecule is CSC(C)(C)CNc1nc(Cl)nc(Cl)n1. The van der Waals surface area contributed by atoms with Gasteiger partial charge >= 0.3 is 0 Å². The fraction of sp³-hybridized carbons (Fsp3) is 0.625. The average Bonchev–Trinajstić information content (AvgIpc) is 2.14. The van der Waals surface area contributed by atoms with Crippen molar-refractivity contribution < 1.29 is 0 Å². The standard InChI is InChI=1S/C8H12Cl2N4S/c1-8(2,15-3)4-11-7-13-5(9)12-6(10)14-7/h4H2,1-3H3,(H,11,12,13,14). The molecular formula is C8H12Cl2N4S. The summed E-state index contributed by atoms with van der Waals surface area (Å²) in [5.74, 6) is 0.405. The van der Waals surface area contributed by atoms with Gasteiger partial charge in [0.2, 0.25) is 16.5 Å². The molecule has 4 nitrogen and oxygen atoms in total. The van der Waals surface area contributed by atoms with Crippen molar-refractivity contribution in [1.29, 1.82) is 0 Å². The second-order valence-corrected chi connectivity index (χ2v) is 5.70. The number of nitrogens with zero attached hydrogens (tertiary/aromatic N) is 3. The molecule has 1 heterocycles. The smallest absolute Gasteiger partial charge is 0.228 e. The lowest BCUT2D eigenvalue weighted by molar-refractivity contribution is 0.745. The molecule has 0 aromatic carbocycles. The Morgan fingerprint density at radius 3 is 2.20 bits per heavy atom. The number of anilines is 1. The lowest BCUT2D eigenvalue weighted by atomic mass is 10.2. The van der Waals surface area contributed by atoms with Crippen LogP contribution in [0.5, 0.6) is 0 Å². The van der Waals surface area contributed by atoms with Crippen LogP contribution in [0.15, 0.2) is 0 Å². The third-order valence-electron chi connectivity index (χ3n) is 1.81. The van der Waals surface area contributed by atoms with E-state index in [-0.39, 0.29) is 15.3 Å². The predicted molar refractivity (Wildman–Crippen MR) is 65.9 cm³/mol. The van der Waals surface area contributed by atoms with Gasteiger partial charge in [0, 0.05) is 11.3 Å². The van der Waals surface area contributed by atoms with Gasteiger partial charge in [-0.25, -0.2) is 0 Å². The first-order valence-electron chi connectivity index (χ1n) is 4.29. The average molecular weight is 267 g/mol. The van der Waals surface area contributed by atoms with Crippen molar-refractivity contribution in [3.8, 4) is 0 Å². The zero-order valence-corrected chi connectivity index (χ0v) is 11.0. The summed E-state index contributed by atoms with van der Waals surface area (Å²) in [7, 11) is 0. The fourth-order valence-corrected chi connectivity index (χ4v) is 1.35. The molecule has 0 aliphatic carbocycles. The van der Waals surface area contributed by atoms with Crippen LogP contribution in [0.1, 0.15) is 13.8 Å². The number of halogens is 2. The first kappa shape index (κ1) is 12.8. The number of nitrogens with one attached hydrogen (secondary N) is 1. The maximum absolute atomic E-state index is 5.64. The molecule has 1 aromatic heterocycles. The zero-order valence-electron chi connectivity index (χ0n) is 8.71. The van der Waals surface area contributed by atoms with E-state index in [9.17, 15) is 0 Å². The van der Waals surface area contributed by atoms with E-state index >= 15 is 0 Å². The van der Waals surface area contributed by atoms with E-state index in [4.69, 9.17) is 23.2 Å². The second-order valence-electron chi connectivity index (χ2n) is 3.51. The highest BCUT2D eigenvalue weighted by Crippen LogP contribution is 2.21. The lowest BCUT2D eigenvalue weighted by Gasteiger charge is -2.22. The van der Waals surface area contributed by atoms with Crippen molar-refractivity contribution in [3.63, 3.8) is 0 Å². The van der Waals surface area contributed by atoms with Crippen molar-refractivity contribution in [1.82, 2.24) is 15.0 Å². The molecule has 1 N–H and O–H groups in total. The summed E-state index contributed by atoms with van der Waals surface area (Å²) in [4.78, 5) is 11.5. The summed E-state index contributed by atoms with van der Waals surface area (Å²) < 4.78 is 0.103. The van der Waals surface area contributed by atoms with Gasteiger partial charge in [-0.1, -0.05) is 0 Å². The van der Waals surface area contributed by atoms with Crippen molar-refractivity contribution >= 4 is 40.9 Å². The van der Waals surface area contributed by atoms with Gasteiger partial charge in [-0.3, -0.25) is 0 Å². The van der Waals surface area contributed by atoms with Crippen LogP contribution >= 0.6 is 35.0 Å². The number of rotatable bonds is 4. The molecule has 7 heteroatoms. The van der Waals surface area contributed by atoms with E-state index in [1.54, 1.807) is 11.8 Å². The lowest BCUT2D eigenvalue weighted by Crippen LogP contribution is -2.26. The fourth-order valence-electron chi connectivity index (χ4n) is 0.769. The minimum absolute atomic E-state index is 0.0967. The van der Waals surface area contributed by atoms with E-state index in [1.165, 1.54) is 0 Å². The number of thioether (sulfide) groups is 1. The monoisotopic (exact) mass is 266 g/mol. The van der Waals surface area contributed by atoms with Crippen LogP contribution < -0.4 is 5.32 Å². The second kappa shape index (κ2) is 5.18. The quantitative estimate of drug-likeness (QED) is 0.909. The topological polar surface area (TPSA) is 50.7 Å². The van der Waals surface area contributed by atoms with Gasteiger partial charge in [0.05, 0.1) is 0 Å². The van der Waals surface area contributed by atoms with Gasteiger partial charge in [0.1, 0.15) is 0 Å². The Labute approximate surface area is 103 Å². The number of hydrogen-bond acceptors (Lipinski definition) is 5. The minimum Gasteiger partial charge on any atom is -0.353 e. The molecule has 0 fully saturated rings. The first-order chi connectivity index (χ1) is 6.93. The van der Waals surface area contributed by atoms with E-state index in [0.29, 0.717) is 5.95 Å².